The number of hydrogen-bond donors (Lipinski definition) is 1. The highest BCUT2D eigenvalue weighted by Gasteiger charge is 2.17. The molecule has 0 spiro atoms. The van der Waals surface area contributed by atoms with Crippen molar-refractivity contribution in [3.63, 3.8) is 0 Å². The Balaban J connectivity index is 1.59. The van der Waals surface area contributed by atoms with E-state index in [0.29, 0.717) is 11.6 Å². The number of imidazole rings is 1. The number of hydrogen-bond acceptors (Lipinski definition) is 4. The van der Waals surface area contributed by atoms with Gasteiger partial charge < -0.3 is 8.98 Å². The third-order valence-corrected chi connectivity index (χ3v) is 4.12. The first-order valence-electron chi connectivity index (χ1n) is 8.60. The fraction of sp³-hybridized carbons (Fsp3) is 0.0952. The first kappa shape index (κ1) is 16.8. The molecule has 0 unspecified atom stereocenters. The molecule has 0 fully saturated rings. The summed E-state index contributed by atoms with van der Waals surface area (Å²) in [7, 11) is 0. The summed E-state index contributed by atoms with van der Waals surface area (Å²) in [6, 6.07) is 21.0. The number of carbonyl (C=O) groups is 1. The predicted molar refractivity (Wildman–Crippen MR) is 104 cm³/mol. The number of aryl methyl sites for hydroxylation is 1. The Hall–Kier alpha value is -3.67. The number of aromatic nitrogens is 2. The fourth-order valence-corrected chi connectivity index (χ4v) is 2.88. The maximum absolute atomic E-state index is 12.4. The van der Waals surface area contributed by atoms with E-state index in [4.69, 9.17) is 4.42 Å². The number of rotatable bonds is 5. The molecule has 0 saturated heterocycles. The average molecular weight is 358 g/mol. The Bertz CT molecular complexity index is 1110. The fourth-order valence-electron chi connectivity index (χ4n) is 2.88. The highest BCUT2D eigenvalue weighted by molar-refractivity contribution is 5.85. The molecule has 1 amide bonds. The lowest BCUT2D eigenvalue weighted by atomic mass is 10.2. The molecule has 4 rings (SSSR count). The van der Waals surface area contributed by atoms with Crippen LogP contribution in [0.5, 0.6) is 0 Å². The van der Waals surface area contributed by atoms with E-state index in [-0.39, 0.29) is 12.5 Å². The maximum atomic E-state index is 12.4. The Kier molecular flexibility index (Phi) is 4.53. The molecule has 6 heteroatoms. The molecule has 27 heavy (non-hydrogen) atoms. The molecule has 0 radical (unpaired) electrons. The second-order valence-corrected chi connectivity index (χ2v) is 6.12. The van der Waals surface area contributed by atoms with Gasteiger partial charge in [-0.05, 0) is 36.8 Å². The summed E-state index contributed by atoms with van der Waals surface area (Å²) in [5, 5.41) is 4.03. The molecular weight excluding hydrogens is 340 g/mol. The predicted octanol–water partition coefficient (Wildman–Crippen LogP) is 3.76. The van der Waals surface area contributed by atoms with E-state index in [2.05, 4.69) is 15.5 Å². The molecule has 2 aromatic carbocycles. The summed E-state index contributed by atoms with van der Waals surface area (Å²) < 4.78 is 7.55. The van der Waals surface area contributed by atoms with Gasteiger partial charge in [-0.3, -0.25) is 4.79 Å². The van der Waals surface area contributed by atoms with Crippen molar-refractivity contribution in [2.45, 2.75) is 13.5 Å². The topological polar surface area (TPSA) is 72.4 Å². The number of nitrogens with one attached hydrogen (secondary N) is 1. The molecule has 2 aromatic heterocycles. The summed E-state index contributed by atoms with van der Waals surface area (Å²) in [5.74, 6) is 1.80. The van der Waals surface area contributed by atoms with Crippen molar-refractivity contribution >= 4 is 23.2 Å². The van der Waals surface area contributed by atoms with E-state index in [9.17, 15) is 4.79 Å². The minimum Gasteiger partial charge on any atom is -0.458 e. The van der Waals surface area contributed by atoms with Crippen LogP contribution < -0.4 is 5.43 Å². The van der Waals surface area contributed by atoms with Gasteiger partial charge in [0.05, 0.1) is 17.2 Å². The summed E-state index contributed by atoms with van der Waals surface area (Å²) in [6.07, 6.45) is 1.61. The highest BCUT2D eigenvalue weighted by Crippen LogP contribution is 2.26. The average Bonchev–Trinajstić information content (AvgIpc) is 3.26. The van der Waals surface area contributed by atoms with Gasteiger partial charge in [0.15, 0.2) is 11.6 Å². The Morgan fingerprint density at radius 3 is 2.67 bits per heavy atom. The van der Waals surface area contributed by atoms with Crippen LogP contribution in [0, 0.1) is 6.92 Å². The molecule has 0 bridgehead atoms. The molecule has 0 aliphatic heterocycles. The van der Waals surface area contributed by atoms with Crippen LogP contribution in [0.3, 0.4) is 0 Å². The van der Waals surface area contributed by atoms with E-state index in [1.54, 1.807) is 6.21 Å². The van der Waals surface area contributed by atoms with Gasteiger partial charge in [-0.25, -0.2) is 10.4 Å². The van der Waals surface area contributed by atoms with Crippen molar-refractivity contribution in [2.75, 3.05) is 0 Å². The summed E-state index contributed by atoms with van der Waals surface area (Å²) >= 11 is 0. The molecule has 0 aliphatic carbocycles. The van der Waals surface area contributed by atoms with E-state index in [0.717, 1.165) is 22.4 Å². The van der Waals surface area contributed by atoms with Crippen molar-refractivity contribution in [3.8, 4) is 11.6 Å². The lowest BCUT2D eigenvalue weighted by molar-refractivity contribution is -0.121. The monoisotopic (exact) mass is 358 g/mol. The van der Waals surface area contributed by atoms with Crippen molar-refractivity contribution in [2.24, 2.45) is 5.10 Å². The normalized spacial score (nSPS) is 11.3. The number of amides is 1. The zero-order valence-electron chi connectivity index (χ0n) is 14.8. The molecule has 6 nitrogen and oxygen atoms in total. The summed E-state index contributed by atoms with van der Waals surface area (Å²) in [6.45, 7) is 1.96. The van der Waals surface area contributed by atoms with Crippen molar-refractivity contribution in [3.05, 3.63) is 78.1 Å². The molecule has 0 aliphatic rings. The van der Waals surface area contributed by atoms with Crippen LogP contribution >= 0.6 is 0 Å². The van der Waals surface area contributed by atoms with Crippen molar-refractivity contribution in [1.29, 1.82) is 0 Å². The number of para-hydroxylation sites is 2. The second kappa shape index (κ2) is 7.29. The first-order chi connectivity index (χ1) is 13.2. The van der Waals surface area contributed by atoms with Gasteiger partial charge in [-0.1, -0.05) is 42.5 Å². The number of hydrazone groups is 1. The van der Waals surface area contributed by atoms with Crippen molar-refractivity contribution in [1.82, 2.24) is 15.0 Å². The van der Waals surface area contributed by atoms with Gasteiger partial charge in [0.2, 0.25) is 0 Å². The smallest absolute Gasteiger partial charge is 0.260 e. The Morgan fingerprint density at radius 2 is 1.89 bits per heavy atom. The zero-order valence-corrected chi connectivity index (χ0v) is 14.8. The van der Waals surface area contributed by atoms with E-state index >= 15 is 0 Å². The standard InChI is InChI=1S/C21H18N4O2/c1-15-11-12-19(27-15)21-23-17-9-5-6-10-18(17)25(21)14-20(26)24-22-13-16-7-3-2-4-8-16/h2-13H,14H2,1H3,(H,24,26)/b22-13+. The second-order valence-electron chi connectivity index (χ2n) is 6.12. The molecule has 0 atom stereocenters. The van der Waals surface area contributed by atoms with E-state index in [1.165, 1.54) is 0 Å². The molecule has 2 heterocycles. The van der Waals surface area contributed by atoms with Crippen LogP contribution in [-0.4, -0.2) is 21.7 Å². The minimum absolute atomic E-state index is 0.0850. The van der Waals surface area contributed by atoms with Gasteiger partial charge >= 0.3 is 0 Å². The molecule has 0 saturated carbocycles. The number of furan rings is 1. The molecule has 4 aromatic rings. The van der Waals surface area contributed by atoms with Crippen LogP contribution in [-0.2, 0) is 11.3 Å². The van der Waals surface area contributed by atoms with Crippen LogP contribution in [0.2, 0.25) is 0 Å². The van der Waals surface area contributed by atoms with Crippen LogP contribution in [0.4, 0.5) is 0 Å². The SMILES string of the molecule is Cc1ccc(-c2nc3ccccc3n2CC(=O)N/N=C/c2ccccc2)o1. The Labute approximate surface area is 156 Å². The van der Waals surface area contributed by atoms with E-state index in [1.807, 2.05) is 78.2 Å². The number of benzene rings is 2. The molecular formula is C21H18N4O2. The molecule has 134 valence electrons. The largest absolute Gasteiger partial charge is 0.458 e. The van der Waals surface area contributed by atoms with Crippen molar-refractivity contribution < 1.29 is 9.21 Å². The van der Waals surface area contributed by atoms with Crippen LogP contribution in [0.1, 0.15) is 11.3 Å². The quantitative estimate of drug-likeness (QED) is 0.436. The zero-order chi connectivity index (χ0) is 18.6. The number of nitrogens with zero attached hydrogens (tertiary/aromatic N) is 3. The van der Waals surface area contributed by atoms with E-state index < -0.39 is 0 Å². The van der Waals surface area contributed by atoms with Crippen LogP contribution in [0.15, 0.2) is 76.2 Å². The lowest BCUT2D eigenvalue weighted by Gasteiger charge is -2.06. The Morgan fingerprint density at radius 1 is 1.11 bits per heavy atom. The number of carbonyl (C=O) groups excluding carboxylic acids is 1. The van der Waals surface area contributed by atoms with Gasteiger partial charge in [-0.15, -0.1) is 0 Å². The molecule has 1 N–H and O–H groups in total. The third-order valence-electron chi connectivity index (χ3n) is 4.12. The van der Waals surface area contributed by atoms with Crippen LogP contribution in [0.25, 0.3) is 22.6 Å². The van der Waals surface area contributed by atoms with Gasteiger partial charge in [0, 0.05) is 0 Å². The maximum Gasteiger partial charge on any atom is 0.260 e. The van der Waals surface area contributed by atoms with Gasteiger partial charge in [0.1, 0.15) is 12.3 Å². The first-order valence-corrected chi connectivity index (χ1v) is 8.60. The number of fused-ring (bicyclic) bond motifs is 1. The minimum atomic E-state index is -0.241. The lowest BCUT2D eigenvalue weighted by Crippen LogP contribution is -2.23. The van der Waals surface area contributed by atoms with Gasteiger partial charge in [0.25, 0.3) is 5.91 Å². The summed E-state index contributed by atoms with van der Waals surface area (Å²) in [5.41, 5.74) is 5.16. The summed E-state index contributed by atoms with van der Waals surface area (Å²) in [4.78, 5) is 17.1. The van der Waals surface area contributed by atoms with Gasteiger partial charge in [-0.2, -0.15) is 5.10 Å². The highest BCUT2D eigenvalue weighted by atomic mass is 16.3. The third kappa shape index (κ3) is 3.64.